The van der Waals surface area contributed by atoms with E-state index in [0.717, 1.165) is 11.4 Å². The van der Waals surface area contributed by atoms with Gasteiger partial charge in [0, 0.05) is 11.1 Å². The van der Waals surface area contributed by atoms with Gasteiger partial charge in [-0.1, -0.05) is 27.7 Å². The van der Waals surface area contributed by atoms with E-state index < -0.39 is 0 Å². The van der Waals surface area contributed by atoms with Gasteiger partial charge in [-0.25, -0.2) is 9.78 Å². The van der Waals surface area contributed by atoms with Crippen molar-refractivity contribution in [3.8, 4) is 0 Å². The summed E-state index contributed by atoms with van der Waals surface area (Å²) in [6.45, 7) is 8.52. The Morgan fingerprint density at radius 1 is 1.21 bits per heavy atom. The number of carbonyl (C=O) groups excluding carboxylic acids is 2. The van der Waals surface area contributed by atoms with E-state index in [9.17, 15) is 9.59 Å². The smallest absolute Gasteiger partial charge is 0.338 e. The molecular weight excluding hydrogens is 324 g/mol. The van der Waals surface area contributed by atoms with Gasteiger partial charge in [0.15, 0.2) is 0 Å². The largest absolute Gasteiger partial charge is 0.462 e. The van der Waals surface area contributed by atoms with Crippen LogP contribution in [0.4, 0.5) is 5.69 Å². The highest BCUT2D eigenvalue weighted by Crippen LogP contribution is 2.27. The standard InChI is InChI=1S/C18H22N2O3S/c1-5-10-23-16(22)12-6-8-13(9-7-12)20-15(21)14-11-19-17(24-14)18(2,3)4/h6-9,11H,5,10H2,1-4H3,(H,20,21). The Morgan fingerprint density at radius 3 is 2.42 bits per heavy atom. The molecule has 0 radical (unpaired) electrons. The molecule has 0 bridgehead atoms. The normalized spacial score (nSPS) is 11.2. The van der Waals surface area contributed by atoms with E-state index in [0.29, 0.717) is 22.7 Å². The van der Waals surface area contributed by atoms with E-state index in [1.165, 1.54) is 11.3 Å². The van der Waals surface area contributed by atoms with Gasteiger partial charge in [-0.15, -0.1) is 11.3 Å². The van der Waals surface area contributed by atoms with Crippen molar-refractivity contribution in [1.82, 2.24) is 4.98 Å². The van der Waals surface area contributed by atoms with Gasteiger partial charge in [-0.05, 0) is 30.7 Å². The molecule has 2 rings (SSSR count). The second kappa shape index (κ2) is 7.57. The van der Waals surface area contributed by atoms with E-state index in [1.807, 2.05) is 6.92 Å². The first-order chi connectivity index (χ1) is 11.3. The molecule has 0 fully saturated rings. The van der Waals surface area contributed by atoms with Gasteiger partial charge in [0.25, 0.3) is 5.91 Å². The average Bonchev–Trinajstić information content (AvgIpc) is 3.03. The van der Waals surface area contributed by atoms with Crippen LogP contribution in [0.25, 0.3) is 0 Å². The Labute approximate surface area is 146 Å². The summed E-state index contributed by atoms with van der Waals surface area (Å²) in [5, 5.41) is 3.73. The fourth-order valence-electron chi connectivity index (χ4n) is 1.89. The lowest BCUT2D eigenvalue weighted by molar-refractivity contribution is 0.0505. The number of carbonyl (C=O) groups is 2. The van der Waals surface area contributed by atoms with Gasteiger partial charge in [0.2, 0.25) is 0 Å². The van der Waals surface area contributed by atoms with Crippen molar-refractivity contribution in [3.63, 3.8) is 0 Å². The molecule has 1 N–H and O–H groups in total. The number of benzene rings is 1. The minimum absolute atomic E-state index is 0.0797. The van der Waals surface area contributed by atoms with E-state index in [-0.39, 0.29) is 17.3 Å². The number of aromatic nitrogens is 1. The second-order valence-corrected chi connectivity index (χ2v) is 7.48. The molecule has 0 saturated heterocycles. The molecule has 0 aliphatic carbocycles. The van der Waals surface area contributed by atoms with Crippen LogP contribution >= 0.6 is 11.3 Å². The molecule has 128 valence electrons. The van der Waals surface area contributed by atoms with Gasteiger partial charge in [-0.3, -0.25) is 4.79 Å². The summed E-state index contributed by atoms with van der Waals surface area (Å²) in [5.41, 5.74) is 1.01. The van der Waals surface area contributed by atoms with Crippen molar-refractivity contribution in [3.05, 3.63) is 45.9 Å². The van der Waals surface area contributed by atoms with E-state index in [1.54, 1.807) is 30.5 Å². The zero-order chi connectivity index (χ0) is 17.7. The number of hydrogen-bond donors (Lipinski definition) is 1. The second-order valence-electron chi connectivity index (χ2n) is 6.45. The molecule has 0 unspecified atom stereocenters. The minimum atomic E-state index is -0.355. The Hall–Kier alpha value is -2.21. The summed E-state index contributed by atoms with van der Waals surface area (Å²) in [7, 11) is 0. The predicted octanol–water partition coefficient (Wildman–Crippen LogP) is 4.26. The molecule has 1 aromatic carbocycles. The number of thiazole rings is 1. The van der Waals surface area contributed by atoms with Crippen LogP contribution in [0.2, 0.25) is 0 Å². The number of rotatable bonds is 5. The summed E-state index contributed by atoms with van der Waals surface area (Å²) in [5.74, 6) is -0.559. The molecule has 0 spiro atoms. The maximum absolute atomic E-state index is 12.3. The van der Waals surface area contributed by atoms with Crippen LogP contribution in [0, 0.1) is 0 Å². The van der Waals surface area contributed by atoms with Gasteiger partial charge >= 0.3 is 5.97 Å². The minimum Gasteiger partial charge on any atom is -0.462 e. The number of hydrogen-bond acceptors (Lipinski definition) is 5. The first kappa shape index (κ1) is 18.1. The molecule has 24 heavy (non-hydrogen) atoms. The highest BCUT2D eigenvalue weighted by molar-refractivity contribution is 7.13. The number of amides is 1. The number of anilines is 1. The van der Waals surface area contributed by atoms with Crippen LogP contribution in [-0.4, -0.2) is 23.5 Å². The van der Waals surface area contributed by atoms with Gasteiger partial charge in [-0.2, -0.15) is 0 Å². The van der Waals surface area contributed by atoms with Crippen molar-refractivity contribution in [2.24, 2.45) is 0 Å². The van der Waals surface area contributed by atoms with Crippen LogP contribution in [0.5, 0.6) is 0 Å². The molecule has 0 aliphatic rings. The maximum atomic E-state index is 12.3. The maximum Gasteiger partial charge on any atom is 0.338 e. The van der Waals surface area contributed by atoms with Crippen molar-refractivity contribution < 1.29 is 14.3 Å². The topological polar surface area (TPSA) is 68.3 Å². The summed E-state index contributed by atoms with van der Waals surface area (Å²) in [6.07, 6.45) is 2.38. The van der Waals surface area contributed by atoms with Crippen molar-refractivity contribution >= 4 is 28.9 Å². The fourth-order valence-corrected chi connectivity index (χ4v) is 2.76. The van der Waals surface area contributed by atoms with Crippen molar-refractivity contribution in [2.75, 3.05) is 11.9 Å². The van der Waals surface area contributed by atoms with E-state index in [4.69, 9.17) is 4.74 Å². The van der Waals surface area contributed by atoms with Crippen molar-refractivity contribution in [2.45, 2.75) is 39.5 Å². The average molecular weight is 346 g/mol. The van der Waals surface area contributed by atoms with Crippen LogP contribution in [0.15, 0.2) is 30.5 Å². The van der Waals surface area contributed by atoms with Crippen LogP contribution in [0.1, 0.15) is 59.2 Å². The number of nitrogens with one attached hydrogen (secondary N) is 1. The third kappa shape index (κ3) is 4.64. The third-order valence-corrected chi connectivity index (χ3v) is 4.61. The summed E-state index contributed by atoms with van der Waals surface area (Å²) < 4.78 is 5.07. The molecule has 5 nitrogen and oxygen atoms in total. The quantitative estimate of drug-likeness (QED) is 0.821. The lowest BCUT2D eigenvalue weighted by Crippen LogP contribution is -2.11. The molecule has 6 heteroatoms. The Morgan fingerprint density at radius 2 is 1.88 bits per heavy atom. The summed E-state index contributed by atoms with van der Waals surface area (Å²) in [6, 6.07) is 6.65. The summed E-state index contributed by atoms with van der Waals surface area (Å²) in [4.78, 5) is 28.9. The Balaban J connectivity index is 2.02. The van der Waals surface area contributed by atoms with Crippen LogP contribution in [0.3, 0.4) is 0 Å². The number of esters is 1. The lowest BCUT2D eigenvalue weighted by atomic mass is 9.98. The lowest BCUT2D eigenvalue weighted by Gasteiger charge is -2.13. The first-order valence-corrected chi connectivity index (χ1v) is 8.67. The molecule has 0 aliphatic heterocycles. The predicted molar refractivity (Wildman–Crippen MR) is 95.8 cm³/mol. The highest BCUT2D eigenvalue weighted by Gasteiger charge is 2.20. The van der Waals surface area contributed by atoms with E-state index >= 15 is 0 Å². The van der Waals surface area contributed by atoms with Gasteiger partial charge in [0.1, 0.15) is 4.88 Å². The molecule has 1 heterocycles. The SMILES string of the molecule is CCCOC(=O)c1ccc(NC(=O)c2cnc(C(C)(C)C)s2)cc1. The molecule has 0 atom stereocenters. The molecular formula is C18H22N2O3S. The molecule has 0 saturated carbocycles. The highest BCUT2D eigenvalue weighted by atomic mass is 32.1. The molecule has 2 aromatic rings. The molecule has 1 aromatic heterocycles. The fraction of sp³-hybridized carbons (Fsp3) is 0.389. The third-order valence-electron chi connectivity index (χ3n) is 3.19. The van der Waals surface area contributed by atoms with E-state index in [2.05, 4.69) is 31.1 Å². The zero-order valence-electron chi connectivity index (χ0n) is 14.4. The summed E-state index contributed by atoms with van der Waals surface area (Å²) >= 11 is 1.39. The zero-order valence-corrected chi connectivity index (χ0v) is 15.2. The Kier molecular flexibility index (Phi) is 5.72. The van der Waals surface area contributed by atoms with Crippen LogP contribution in [-0.2, 0) is 10.2 Å². The number of nitrogens with zero attached hydrogens (tertiary/aromatic N) is 1. The Bertz CT molecular complexity index is 715. The number of ether oxygens (including phenoxy) is 1. The first-order valence-electron chi connectivity index (χ1n) is 7.86. The van der Waals surface area contributed by atoms with Gasteiger partial charge in [0.05, 0.1) is 23.4 Å². The van der Waals surface area contributed by atoms with Crippen molar-refractivity contribution in [1.29, 1.82) is 0 Å². The molecule has 1 amide bonds. The van der Waals surface area contributed by atoms with Gasteiger partial charge < -0.3 is 10.1 Å². The monoisotopic (exact) mass is 346 g/mol. The van der Waals surface area contributed by atoms with Crippen LogP contribution < -0.4 is 5.32 Å².